The van der Waals surface area contributed by atoms with E-state index in [-0.39, 0.29) is 28.2 Å². The zero-order valence-electron chi connectivity index (χ0n) is 15.8. The first-order valence-corrected chi connectivity index (χ1v) is 9.66. The Morgan fingerprint density at radius 2 is 1.90 bits per heavy atom. The summed E-state index contributed by atoms with van der Waals surface area (Å²) in [7, 11) is 1.20. The van der Waals surface area contributed by atoms with Crippen LogP contribution in [0.3, 0.4) is 0 Å². The van der Waals surface area contributed by atoms with Crippen molar-refractivity contribution in [2.45, 2.75) is 6.18 Å². The average molecular weight is 446 g/mol. The number of alkyl halides is 3. The molecule has 0 saturated heterocycles. The van der Waals surface area contributed by atoms with Gasteiger partial charge in [0.2, 0.25) is 0 Å². The van der Waals surface area contributed by atoms with Gasteiger partial charge in [0.1, 0.15) is 5.56 Å². The number of halogens is 3. The van der Waals surface area contributed by atoms with Crippen molar-refractivity contribution in [2.75, 3.05) is 12.4 Å². The molecule has 0 atom stereocenters. The van der Waals surface area contributed by atoms with Crippen molar-refractivity contribution in [3.63, 3.8) is 0 Å². The molecule has 0 radical (unpaired) electrons. The minimum absolute atomic E-state index is 0.0688. The molecule has 3 aromatic heterocycles. The van der Waals surface area contributed by atoms with Crippen molar-refractivity contribution in [1.29, 1.82) is 0 Å². The maximum Gasteiger partial charge on any atom is 0.433 e. The fourth-order valence-corrected chi connectivity index (χ4v) is 3.63. The molecule has 0 aliphatic rings. The molecular formula is C20H13F3N4O3S. The van der Waals surface area contributed by atoms with Gasteiger partial charge in [0.05, 0.1) is 35.1 Å². The minimum Gasteiger partial charge on any atom is -0.465 e. The maximum atomic E-state index is 13.6. The van der Waals surface area contributed by atoms with Crippen molar-refractivity contribution in [3.05, 3.63) is 70.9 Å². The van der Waals surface area contributed by atoms with E-state index in [9.17, 15) is 22.8 Å². The predicted molar refractivity (Wildman–Crippen MR) is 107 cm³/mol. The van der Waals surface area contributed by atoms with E-state index < -0.39 is 23.7 Å². The molecule has 158 valence electrons. The third-order valence-electron chi connectivity index (χ3n) is 4.36. The van der Waals surface area contributed by atoms with Gasteiger partial charge in [0.15, 0.2) is 11.3 Å². The van der Waals surface area contributed by atoms with E-state index in [1.807, 2.05) is 0 Å². The molecule has 0 saturated carbocycles. The lowest BCUT2D eigenvalue weighted by molar-refractivity contribution is -0.142. The Hall–Kier alpha value is -3.73. The van der Waals surface area contributed by atoms with Crippen molar-refractivity contribution < 1.29 is 27.5 Å². The van der Waals surface area contributed by atoms with Gasteiger partial charge in [-0.05, 0) is 29.6 Å². The number of aromatic nitrogens is 3. The highest BCUT2D eigenvalue weighted by atomic mass is 32.1. The molecule has 3 heterocycles. The molecule has 1 N–H and O–H groups in total. The van der Waals surface area contributed by atoms with E-state index in [4.69, 9.17) is 0 Å². The first kappa shape index (κ1) is 20.5. The van der Waals surface area contributed by atoms with E-state index in [1.54, 1.807) is 29.6 Å². The molecule has 1 aromatic carbocycles. The highest BCUT2D eigenvalue weighted by Crippen LogP contribution is 2.34. The van der Waals surface area contributed by atoms with E-state index in [2.05, 4.69) is 20.1 Å². The molecule has 0 aliphatic carbocycles. The number of fused-ring (bicyclic) bond motifs is 1. The number of ether oxygens (including phenoxy) is 1. The van der Waals surface area contributed by atoms with E-state index in [0.717, 1.165) is 12.3 Å². The summed E-state index contributed by atoms with van der Waals surface area (Å²) in [5, 5.41) is 7.96. The van der Waals surface area contributed by atoms with Crippen LogP contribution in [-0.4, -0.2) is 33.6 Å². The van der Waals surface area contributed by atoms with Gasteiger partial charge in [0.25, 0.3) is 5.91 Å². The summed E-state index contributed by atoms with van der Waals surface area (Å²) in [6.07, 6.45) is -3.71. The number of carbonyl (C=O) groups is 2. The number of thiophene rings is 1. The number of carbonyl (C=O) groups excluding carboxylic acids is 2. The SMILES string of the molecule is COC(=O)c1ccccc1NC(=O)c1cnn2c(C(F)(F)F)cc(-c3cccs3)nc12. The van der Waals surface area contributed by atoms with Crippen molar-refractivity contribution in [2.24, 2.45) is 0 Å². The summed E-state index contributed by atoms with van der Waals surface area (Å²) in [5.74, 6) is -1.44. The molecule has 0 aliphatic heterocycles. The summed E-state index contributed by atoms with van der Waals surface area (Å²) in [6, 6.07) is 10.3. The second-order valence-corrected chi connectivity index (χ2v) is 7.23. The molecule has 0 spiro atoms. The Kier molecular flexibility index (Phi) is 5.19. The van der Waals surface area contributed by atoms with Gasteiger partial charge in [-0.2, -0.15) is 18.3 Å². The summed E-state index contributed by atoms with van der Waals surface area (Å²) in [5.41, 5.74) is -1.19. The number of esters is 1. The van der Waals surface area contributed by atoms with Crippen molar-refractivity contribution in [1.82, 2.24) is 14.6 Å². The zero-order valence-corrected chi connectivity index (χ0v) is 16.6. The Morgan fingerprint density at radius 3 is 2.58 bits per heavy atom. The number of nitrogens with zero attached hydrogens (tertiary/aromatic N) is 3. The van der Waals surface area contributed by atoms with Crippen LogP contribution in [0, 0.1) is 0 Å². The van der Waals surface area contributed by atoms with E-state index in [0.29, 0.717) is 9.39 Å². The quantitative estimate of drug-likeness (QED) is 0.466. The van der Waals surface area contributed by atoms with Gasteiger partial charge in [-0.25, -0.2) is 14.3 Å². The number of para-hydroxylation sites is 1. The monoisotopic (exact) mass is 446 g/mol. The number of amides is 1. The molecule has 0 fully saturated rings. The summed E-state index contributed by atoms with van der Waals surface area (Å²) in [4.78, 5) is 29.6. The Morgan fingerprint density at radius 1 is 1.13 bits per heavy atom. The number of methoxy groups -OCH3 is 1. The summed E-state index contributed by atoms with van der Waals surface area (Å²) in [6.45, 7) is 0. The van der Waals surface area contributed by atoms with Crippen LogP contribution in [0.1, 0.15) is 26.4 Å². The van der Waals surface area contributed by atoms with Crippen LogP contribution < -0.4 is 5.32 Å². The lowest BCUT2D eigenvalue weighted by atomic mass is 10.1. The minimum atomic E-state index is -4.72. The predicted octanol–water partition coefficient (Wildman–Crippen LogP) is 4.52. The first-order valence-electron chi connectivity index (χ1n) is 8.78. The molecule has 7 nitrogen and oxygen atoms in total. The molecule has 4 aromatic rings. The third kappa shape index (κ3) is 3.87. The topological polar surface area (TPSA) is 85.6 Å². The van der Waals surface area contributed by atoms with Gasteiger partial charge in [0, 0.05) is 0 Å². The smallest absolute Gasteiger partial charge is 0.433 e. The number of rotatable bonds is 4. The highest BCUT2D eigenvalue weighted by Gasteiger charge is 2.36. The van der Waals surface area contributed by atoms with Crippen LogP contribution in [0.25, 0.3) is 16.2 Å². The highest BCUT2D eigenvalue weighted by molar-refractivity contribution is 7.13. The molecule has 1 amide bonds. The fourth-order valence-electron chi connectivity index (χ4n) is 2.95. The van der Waals surface area contributed by atoms with Gasteiger partial charge in [-0.3, -0.25) is 4.79 Å². The Labute approximate surface area is 177 Å². The van der Waals surface area contributed by atoms with E-state index in [1.165, 1.54) is 30.6 Å². The summed E-state index contributed by atoms with van der Waals surface area (Å²) < 4.78 is 46.2. The number of hydrogen-bond donors (Lipinski definition) is 1. The van der Waals surface area contributed by atoms with Crippen molar-refractivity contribution >= 4 is 34.5 Å². The van der Waals surface area contributed by atoms with E-state index >= 15 is 0 Å². The average Bonchev–Trinajstić information content (AvgIpc) is 3.42. The maximum absolute atomic E-state index is 13.6. The molecule has 0 unspecified atom stereocenters. The Bertz CT molecular complexity index is 1280. The van der Waals surface area contributed by atoms with Gasteiger partial charge >= 0.3 is 12.1 Å². The second-order valence-electron chi connectivity index (χ2n) is 6.29. The van der Waals surface area contributed by atoms with Crippen LogP contribution in [0.5, 0.6) is 0 Å². The van der Waals surface area contributed by atoms with Gasteiger partial charge in [-0.1, -0.05) is 18.2 Å². The molecule has 0 bridgehead atoms. The molecule has 31 heavy (non-hydrogen) atoms. The number of hydrogen-bond acceptors (Lipinski definition) is 6. The van der Waals surface area contributed by atoms with Crippen molar-refractivity contribution in [3.8, 4) is 10.6 Å². The van der Waals surface area contributed by atoms with Crippen LogP contribution in [0.2, 0.25) is 0 Å². The zero-order chi connectivity index (χ0) is 22.2. The number of anilines is 1. The normalized spacial score (nSPS) is 11.5. The molecule has 11 heteroatoms. The lowest BCUT2D eigenvalue weighted by Gasteiger charge is -2.11. The molecule has 4 rings (SSSR count). The third-order valence-corrected chi connectivity index (χ3v) is 5.25. The molecular weight excluding hydrogens is 433 g/mol. The second kappa shape index (κ2) is 7.84. The lowest BCUT2D eigenvalue weighted by Crippen LogP contribution is -2.17. The first-order chi connectivity index (χ1) is 14.8. The van der Waals surface area contributed by atoms with Crippen LogP contribution >= 0.6 is 11.3 Å². The van der Waals surface area contributed by atoms with Crippen LogP contribution in [-0.2, 0) is 10.9 Å². The standard InChI is InChI=1S/C20H13F3N4O3S/c1-30-19(29)11-5-2-3-6-13(11)26-18(28)12-10-24-27-16(20(21,22)23)9-14(25-17(12)27)15-7-4-8-31-15/h2-10H,1H3,(H,26,28). The van der Waals surface area contributed by atoms with Gasteiger partial charge in [-0.15, -0.1) is 11.3 Å². The van der Waals surface area contributed by atoms with Crippen LogP contribution in [0.4, 0.5) is 18.9 Å². The number of nitrogens with one attached hydrogen (secondary N) is 1. The van der Waals surface area contributed by atoms with Gasteiger partial charge < -0.3 is 10.1 Å². The number of benzene rings is 1. The Balaban J connectivity index is 1.81. The largest absolute Gasteiger partial charge is 0.465 e. The van der Waals surface area contributed by atoms with Crippen LogP contribution in [0.15, 0.2) is 54.0 Å². The summed E-state index contributed by atoms with van der Waals surface area (Å²) >= 11 is 1.22. The fraction of sp³-hybridized carbons (Fsp3) is 0.100.